The van der Waals surface area contributed by atoms with Crippen molar-refractivity contribution in [3.63, 3.8) is 0 Å². The van der Waals surface area contributed by atoms with Gasteiger partial charge >= 0.3 is 0 Å². The summed E-state index contributed by atoms with van der Waals surface area (Å²) in [6.45, 7) is 3.62. The molecule has 4 aromatic rings. The lowest BCUT2D eigenvalue weighted by Gasteiger charge is -2.05. The van der Waals surface area contributed by atoms with Gasteiger partial charge < -0.3 is 0 Å². The number of para-hydroxylation sites is 1. The fourth-order valence-electron chi connectivity index (χ4n) is 2.99. The summed E-state index contributed by atoms with van der Waals surface area (Å²) in [5.41, 5.74) is 2.93. The van der Waals surface area contributed by atoms with Crippen molar-refractivity contribution in [1.82, 2.24) is 14.8 Å². The van der Waals surface area contributed by atoms with Gasteiger partial charge in [0.05, 0.1) is 28.8 Å². The number of thiazole rings is 1. The summed E-state index contributed by atoms with van der Waals surface area (Å²) in [6, 6.07) is 13.1. The quantitative estimate of drug-likeness (QED) is 0.507. The molecule has 2 aromatic heterocycles. The van der Waals surface area contributed by atoms with Crippen molar-refractivity contribution in [2.24, 2.45) is 0 Å². The van der Waals surface area contributed by atoms with Crippen LogP contribution in [0.3, 0.4) is 0 Å². The van der Waals surface area contributed by atoms with E-state index >= 15 is 0 Å². The van der Waals surface area contributed by atoms with Gasteiger partial charge in [0.25, 0.3) is 5.91 Å². The van der Waals surface area contributed by atoms with Crippen LogP contribution in [0, 0.1) is 25.5 Å². The molecular weight excluding hydrogens is 394 g/mol. The number of amides is 1. The summed E-state index contributed by atoms with van der Waals surface area (Å²) in [4.78, 5) is 17.9. The van der Waals surface area contributed by atoms with Crippen molar-refractivity contribution in [3.05, 3.63) is 82.5 Å². The first kappa shape index (κ1) is 18.9. The molecule has 0 aliphatic heterocycles. The molecule has 8 heteroatoms. The molecule has 5 nitrogen and oxygen atoms in total. The van der Waals surface area contributed by atoms with Gasteiger partial charge in [-0.3, -0.25) is 10.1 Å². The van der Waals surface area contributed by atoms with E-state index in [9.17, 15) is 13.6 Å². The van der Waals surface area contributed by atoms with Crippen LogP contribution in [0.2, 0.25) is 0 Å². The second kappa shape index (κ2) is 7.56. The fourth-order valence-corrected chi connectivity index (χ4v) is 3.82. The number of nitrogens with one attached hydrogen (secondary N) is 1. The normalized spacial score (nSPS) is 10.9. The van der Waals surface area contributed by atoms with Crippen molar-refractivity contribution >= 4 is 22.4 Å². The SMILES string of the molecule is Cc1sc(NC(=O)c2cnn(-c3ccccc3)c2C)nc1-c1ccc(F)c(F)c1. The highest BCUT2D eigenvalue weighted by Crippen LogP contribution is 2.31. The molecule has 0 aliphatic rings. The molecule has 0 fully saturated rings. The molecule has 0 radical (unpaired) electrons. The highest BCUT2D eigenvalue weighted by Gasteiger charge is 2.18. The largest absolute Gasteiger partial charge is 0.298 e. The van der Waals surface area contributed by atoms with Crippen LogP contribution in [0.5, 0.6) is 0 Å². The Balaban J connectivity index is 1.58. The molecule has 2 heterocycles. The van der Waals surface area contributed by atoms with Crippen LogP contribution in [0.4, 0.5) is 13.9 Å². The first-order valence-corrected chi connectivity index (χ1v) is 9.60. The highest BCUT2D eigenvalue weighted by atomic mass is 32.1. The van der Waals surface area contributed by atoms with Gasteiger partial charge in [0.15, 0.2) is 16.8 Å². The number of aromatic nitrogens is 3. The van der Waals surface area contributed by atoms with Crippen LogP contribution in [-0.2, 0) is 0 Å². The van der Waals surface area contributed by atoms with E-state index in [1.165, 1.54) is 23.6 Å². The van der Waals surface area contributed by atoms with Gasteiger partial charge in [-0.1, -0.05) is 18.2 Å². The van der Waals surface area contributed by atoms with Crippen LogP contribution in [0.15, 0.2) is 54.7 Å². The van der Waals surface area contributed by atoms with Crippen LogP contribution in [0.25, 0.3) is 16.9 Å². The number of hydrogen-bond acceptors (Lipinski definition) is 4. The summed E-state index contributed by atoms with van der Waals surface area (Å²) in [5.74, 6) is -2.19. The number of carbonyl (C=O) groups is 1. The summed E-state index contributed by atoms with van der Waals surface area (Å²) in [6.07, 6.45) is 1.51. The van der Waals surface area contributed by atoms with Crippen molar-refractivity contribution in [2.75, 3.05) is 5.32 Å². The van der Waals surface area contributed by atoms with Crippen molar-refractivity contribution in [2.45, 2.75) is 13.8 Å². The molecule has 2 aromatic carbocycles. The van der Waals surface area contributed by atoms with E-state index in [4.69, 9.17) is 0 Å². The summed E-state index contributed by atoms with van der Waals surface area (Å²) in [7, 11) is 0. The molecule has 1 N–H and O–H groups in total. The maximum absolute atomic E-state index is 13.5. The van der Waals surface area contributed by atoms with E-state index in [1.54, 1.807) is 4.68 Å². The third kappa shape index (κ3) is 3.66. The van der Waals surface area contributed by atoms with E-state index < -0.39 is 11.6 Å². The zero-order valence-corrected chi connectivity index (χ0v) is 16.4. The Morgan fingerprint density at radius 2 is 1.83 bits per heavy atom. The van der Waals surface area contributed by atoms with Crippen LogP contribution in [0.1, 0.15) is 20.9 Å². The monoisotopic (exact) mass is 410 g/mol. The topological polar surface area (TPSA) is 59.8 Å². The molecule has 29 heavy (non-hydrogen) atoms. The lowest BCUT2D eigenvalue weighted by atomic mass is 10.1. The van der Waals surface area contributed by atoms with Gasteiger partial charge in [0.1, 0.15) is 0 Å². The Bertz CT molecular complexity index is 1200. The number of hydrogen-bond donors (Lipinski definition) is 1. The molecule has 0 unspecified atom stereocenters. The maximum Gasteiger partial charge on any atom is 0.260 e. The summed E-state index contributed by atoms with van der Waals surface area (Å²) in [5, 5.41) is 7.44. The van der Waals surface area contributed by atoms with Gasteiger partial charge in [-0.05, 0) is 44.2 Å². The van der Waals surface area contributed by atoms with Crippen molar-refractivity contribution in [1.29, 1.82) is 0 Å². The minimum atomic E-state index is -0.940. The van der Waals surface area contributed by atoms with Gasteiger partial charge in [0.2, 0.25) is 0 Å². The second-order valence-corrected chi connectivity index (χ2v) is 7.60. The Hall–Kier alpha value is -3.39. The first-order valence-electron chi connectivity index (χ1n) is 8.78. The van der Waals surface area contributed by atoms with E-state index in [2.05, 4.69) is 15.4 Å². The minimum Gasteiger partial charge on any atom is -0.298 e. The third-order valence-electron chi connectivity index (χ3n) is 4.47. The van der Waals surface area contributed by atoms with Crippen LogP contribution >= 0.6 is 11.3 Å². The maximum atomic E-state index is 13.5. The van der Waals surface area contributed by atoms with Gasteiger partial charge in [0, 0.05) is 10.4 Å². The Labute approximate surface area is 169 Å². The number of aryl methyl sites for hydroxylation is 1. The Morgan fingerprint density at radius 1 is 1.07 bits per heavy atom. The van der Waals surface area contributed by atoms with E-state index in [-0.39, 0.29) is 5.91 Å². The zero-order chi connectivity index (χ0) is 20.5. The molecule has 0 spiro atoms. The van der Waals surface area contributed by atoms with E-state index in [0.717, 1.165) is 22.7 Å². The Morgan fingerprint density at radius 3 is 2.55 bits per heavy atom. The van der Waals surface area contributed by atoms with Gasteiger partial charge in [-0.25, -0.2) is 18.4 Å². The van der Waals surface area contributed by atoms with Crippen LogP contribution in [-0.4, -0.2) is 20.7 Å². The number of anilines is 1. The lowest BCUT2D eigenvalue weighted by Crippen LogP contribution is -2.13. The average molecular weight is 410 g/mol. The molecule has 0 saturated heterocycles. The molecular formula is C21H16F2N4OS. The number of rotatable bonds is 4. The predicted molar refractivity (Wildman–Crippen MR) is 108 cm³/mol. The summed E-state index contributed by atoms with van der Waals surface area (Å²) < 4.78 is 28.4. The van der Waals surface area contributed by atoms with Crippen molar-refractivity contribution in [3.8, 4) is 16.9 Å². The number of carbonyl (C=O) groups excluding carboxylic acids is 1. The molecule has 4 rings (SSSR count). The molecule has 0 saturated carbocycles. The average Bonchev–Trinajstić information content (AvgIpc) is 3.27. The molecule has 0 bridgehead atoms. The second-order valence-electron chi connectivity index (χ2n) is 6.40. The van der Waals surface area contributed by atoms with E-state index in [1.807, 2.05) is 44.2 Å². The molecule has 0 atom stereocenters. The smallest absolute Gasteiger partial charge is 0.260 e. The fraction of sp³-hybridized carbons (Fsp3) is 0.0952. The van der Waals surface area contributed by atoms with Gasteiger partial charge in [-0.2, -0.15) is 5.10 Å². The first-order chi connectivity index (χ1) is 13.9. The number of nitrogens with zero attached hydrogens (tertiary/aromatic N) is 3. The third-order valence-corrected chi connectivity index (χ3v) is 5.35. The molecule has 0 aliphatic carbocycles. The van der Waals surface area contributed by atoms with Gasteiger partial charge in [-0.15, -0.1) is 11.3 Å². The highest BCUT2D eigenvalue weighted by molar-refractivity contribution is 7.16. The number of halogens is 2. The summed E-state index contributed by atoms with van der Waals surface area (Å²) >= 11 is 1.26. The predicted octanol–water partition coefficient (Wildman–Crippen LogP) is 5.14. The van der Waals surface area contributed by atoms with E-state index in [0.29, 0.717) is 27.6 Å². The lowest BCUT2D eigenvalue weighted by molar-refractivity contribution is 0.102. The minimum absolute atomic E-state index is 0.338. The Kier molecular flexibility index (Phi) is 4.94. The zero-order valence-electron chi connectivity index (χ0n) is 15.6. The number of benzene rings is 2. The van der Waals surface area contributed by atoms with Crippen molar-refractivity contribution < 1.29 is 13.6 Å². The molecule has 1 amide bonds. The van der Waals surface area contributed by atoms with Crippen LogP contribution < -0.4 is 5.32 Å². The molecule has 146 valence electrons. The standard InChI is InChI=1S/C21H16F2N4OS/c1-12-16(11-24-27(12)15-6-4-3-5-7-15)20(28)26-21-25-19(13(2)29-21)14-8-9-17(22)18(23)10-14/h3-11H,1-2H3,(H,25,26,28).